The Morgan fingerprint density at radius 3 is 2.61 bits per heavy atom. The van der Waals surface area contributed by atoms with Crippen LogP contribution < -0.4 is 5.32 Å². The average molecular weight is 265 g/mol. The molecule has 0 fully saturated rings. The standard InChI is InChI=1S/C13H17ClN4/c1-13(9-14,11-6-4-3-5-7-11)16-8-12-15-10-17-18(12)2/h3-7,10,16H,8-9H2,1-2H3. The highest BCUT2D eigenvalue weighted by atomic mass is 35.5. The molecule has 1 heterocycles. The van der Waals surface area contributed by atoms with Gasteiger partial charge < -0.3 is 0 Å². The number of aryl methyl sites for hydroxylation is 1. The van der Waals surface area contributed by atoms with Crippen molar-refractivity contribution >= 4 is 11.6 Å². The molecule has 0 saturated heterocycles. The van der Waals surface area contributed by atoms with Crippen LogP contribution in [0.3, 0.4) is 0 Å². The molecule has 2 rings (SSSR count). The Labute approximate surface area is 112 Å². The molecule has 0 radical (unpaired) electrons. The molecule has 5 heteroatoms. The summed E-state index contributed by atoms with van der Waals surface area (Å²) in [7, 11) is 1.88. The van der Waals surface area contributed by atoms with Crippen molar-refractivity contribution in [1.29, 1.82) is 0 Å². The summed E-state index contributed by atoms with van der Waals surface area (Å²) in [5, 5.41) is 7.50. The van der Waals surface area contributed by atoms with Crippen molar-refractivity contribution in [3.05, 3.63) is 48.0 Å². The van der Waals surface area contributed by atoms with Gasteiger partial charge in [0.25, 0.3) is 0 Å². The van der Waals surface area contributed by atoms with Gasteiger partial charge in [-0.15, -0.1) is 11.6 Å². The van der Waals surface area contributed by atoms with Crippen LogP contribution >= 0.6 is 11.6 Å². The minimum absolute atomic E-state index is 0.269. The second kappa shape index (κ2) is 5.50. The molecular formula is C13H17ClN4. The minimum atomic E-state index is -0.269. The number of benzene rings is 1. The van der Waals surface area contributed by atoms with Crippen LogP contribution in [0.15, 0.2) is 36.7 Å². The third-order valence-electron chi connectivity index (χ3n) is 3.12. The van der Waals surface area contributed by atoms with Gasteiger partial charge in [0.15, 0.2) is 0 Å². The largest absolute Gasteiger partial charge is 0.299 e. The zero-order chi connectivity index (χ0) is 13.0. The van der Waals surface area contributed by atoms with E-state index in [9.17, 15) is 0 Å². The number of aromatic nitrogens is 3. The van der Waals surface area contributed by atoms with Crippen molar-refractivity contribution in [1.82, 2.24) is 20.1 Å². The number of nitrogens with one attached hydrogen (secondary N) is 1. The number of halogens is 1. The first kappa shape index (κ1) is 13.1. The van der Waals surface area contributed by atoms with Crippen LogP contribution in [0.2, 0.25) is 0 Å². The zero-order valence-corrected chi connectivity index (χ0v) is 11.4. The highest BCUT2D eigenvalue weighted by molar-refractivity contribution is 6.18. The van der Waals surface area contributed by atoms with Gasteiger partial charge in [0.2, 0.25) is 0 Å². The van der Waals surface area contributed by atoms with E-state index in [0.29, 0.717) is 12.4 Å². The molecule has 96 valence electrons. The van der Waals surface area contributed by atoms with Gasteiger partial charge in [-0.2, -0.15) is 5.10 Å². The number of nitrogens with zero attached hydrogens (tertiary/aromatic N) is 3. The van der Waals surface area contributed by atoms with Crippen LogP contribution in [0, 0.1) is 0 Å². The van der Waals surface area contributed by atoms with Crippen LogP contribution in [0.4, 0.5) is 0 Å². The lowest BCUT2D eigenvalue weighted by molar-refractivity contribution is 0.396. The quantitative estimate of drug-likeness (QED) is 0.841. The van der Waals surface area contributed by atoms with E-state index in [1.54, 1.807) is 11.0 Å². The van der Waals surface area contributed by atoms with Crippen molar-refractivity contribution in [3.63, 3.8) is 0 Å². The Morgan fingerprint density at radius 2 is 2.06 bits per heavy atom. The Morgan fingerprint density at radius 1 is 1.33 bits per heavy atom. The highest BCUT2D eigenvalue weighted by Crippen LogP contribution is 2.22. The van der Waals surface area contributed by atoms with Gasteiger partial charge in [0.1, 0.15) is 12.2 Å². The van der Waals surface area contributed by atoms with Crippen LogP contribution in [0.5, 0.6) is 0 Å². The van der Waals surface area contributed by atoms with Gasteiger partial charge in [-0.25, -0.2) is 4.98 Å². The van der Waals surface area contributed by atoms with Crippen molar-refractivity contribution in [2.45, 2.75) is 19.0 Å². The van der Waals surface area contributed by atoms with Gasteiger partial charge in [0, 0.05) is 12.9 Å². The molecule has 2 aromatic rings. The summed E-state index contributed by atoms with van der Waals surface area (Å²) < 4.78 is 1.76. The van der Waals surface area contributed by atoms with Gasteiger partial charge in [0.05, 0.1) is 12.1 Å². The van der Waals surface area contributed by atoms with Crippen LogP contribution in [-0.2, 0) is 19.1 Å². The molecule has 0 aliphatic rings. The predicted octanol–water partition coefficient (Wildman–Crippen LogP) is 2.06. The van der Waals surface area contributed by atoms with Crippen LogP contribution in [0.1, 0.15) is 18.3 Å². The maximum Gasteiger partial charge on any atom is 0.140 e. The summed E-state index contributed by atoms with van der Waals surface area (Å²) in [6.07, 6.45) is 1.55. The number of hydrogen-bond donors (Lipinski definition) is 1. The maximum absolute atomic E-state index is 6.12. The molecule has 0 bridgehead atoms. The van der Waals surface area contributed by atoms with E-state index in [1.807, 2.05) is 25.2 Å². The Kier molecular flexibility index (Phi) is 3.99. The van der Waals surface area contributed by atoms with E-state index in [2.05, 4.69) is 34.5 Å². The molecule has 0 saturated carbocycles. The number of alkyl halides is 1. The van der Waals surface area contributed by atoms with E-state index >= 15 is 0 Å². The summed E-state index contributed by atoms with van der Waals surface area (Å²) in [6.45, 7) is 2.72. The molecule has 1 atom stereocenters. The lowest BCUT2D eigenvalue weighted by atomic mass is 9.94. The Hall–Kier alpha value is -1.39. The molecule has 18 heavy (non-hydrogen) atoms. The van der Waals surface area contributed by atoms with E-state index in [4.69, 9.17) is 11.6 Å². The second-order valence-electron chi connectivity index (χ2n) is 4.49. The summed E-state index contributed by atoms with van der Waals surface area (Å²) in [5.74, 6) is 1.39. The van der Waals surface area contributed by atoms with Gasteiger partial charge in [-0.1, -0.05) is 30.3 Å². The molecule has 1 aromatic carbocycles. The molecule has 4 nitrogen and oxygen atoms in total. The highest BCUT2D eigenvalue weighted by Gasteiger charge is 2.25. The molecule has 1 unspecified atom stereocenters. The maximum atomic E-state index is 6.12. The molecule has 0 spiro atoms. The third-order valence-corrected chi connectivity index (χ3v) is 3.65. The summed E-state index contributed by atoms with van der Waals surface area (Å²) in [4.78, 5) is 4.19. The summed E-state index contributed by atoms with van der Waals surface area (Å²) >= 11 is 6.12. The molecule has 0 aliphatic carbocycles. The fraction of sp³-hybridized carbons (Fsp3) is 0.385. The van der Waals surface area contributed by atoms with E-state index < -0.39 is 0 Å². The van der Waals surface area contributed by atoms with Crippen molar-refractivity contribution < 1.29 is 0 Å². The predicted molar refractivity (Wildman–Crippen MR) is 72.4 cm³/mol. The third kappa shape index (κ3) is 2.71. The second-order valence-corrected chi connectivity index (χ2v) is 4.75. The Bertz CT molecular complexity index is 497. The molecular weight excluding hydrogens is 248 g/mol. The average Bonchev–Trinajstić information content (AvgIpc) is 2.83. The zero-order valence-electron chi connectivity index (χ0n) is 10.6. The lowest BCUT2D eigenvalue weighted by Gasteiger charge is -2.29. The lowest BCUT2D eigenvalue weighted by Crippen LogP contribution is -2.41. The first-order valence-electron chi connectivity index (χ1n) is 5.85. The molecule has 1 aromatic heterocycles. The normalized spacial score (nSPS) is 14.4. The van der Waals surface area contributed by atoms with Crippen molar-refractivity contribution in [2.24, 2.45) is 7.05 Å². The molecule has 0 aliphatic heterocycles. The number of rotatable bonds is 5. The van der Waals surface area contributed by atoms with E-state index in [0.717, 1.165) is 5.82 Å². The smallest absolute Gasteiger partial charge is 0.140 e. The minimum Gasteiger partial charge on any atom is -0.299 e. The first-order chi connectivity index (χ1) is 8.65. The SMILES string of the molecule is Cn1ncnc1CNC(C)(CCl)c1ccccc1. The van der Waals surface area contributed by atoms with Gasteiger partial charge >= 0.3 is 0 Å². The summed E-state index contributed by atoms with van der Waals surface area (Å²) in [6, 6.07) is 10.2. The number of hydrogen-bond acceptors (Lipinski definition) is 3. The fourth-order valence-corrected chi connectivity index (χ4v) is 2.04. The molecule has 1 N–H and O–H groups in total. The van der Waals surface area contributed by atoms with E-state index in [-0.39, 0.29) is 5.54 Å². The fourth-order valence-electron chi connectivity index (χ4n) is 1.79. The van der Waals surface area contributed by atoms with Crippen LogP contribution in [-0.4, -0.2) is 20.6 Å². The van der Waals surface area contributed by atoms with Gasteiger partial charge in [-0.05, 0) is 12.5 Å². The van der Waals surface area contributed by atoms with Crippen molar-refractivity contribution in [3.8, 4) is 0 Å². The summed E-state index contributed by atoms with van der Waals surface area (Å²) in [5.41, 5.74) is 0.900. The van der Waals surface area contributed by atoms with Crippen LogP contribution in [0.25, 0.3) is 0 Å². The Balaban J connectivity index is 2.12. The van der Waals surface area contributed by atoms with Gasteiger partial charge in [-0.3, -0.25) is 10.00 Å². The topological polar surface area (TPSA) is 42.7 Å². The van der Waals surface area contributed by atoms with E-state index in [1.165, 1.54) is 5.56 Å². The molecule has 0 amide bonds. The first-order valence-corrected chi connectivity index (χ1v) is 6.38. The monoisotopic (exact) mass is 264 g/mol. The van der Waals surface area contributed by atoms with Crippen molar-refractivity contribution in [2.75, 3.05) is 5.88 Å².